The van der Waals surface area contributed by atoms with Crippen LogP contribution in [0.2, 0.25) is 0 Å². The van der Waals surface area contributed by atoms with Crippen molar-refractivity contribution in [3.63, 3.8) is 0 Å². The third-order valence-corrected chi connectivity index (χ3v) is 21.0. The van der Waals surface area contributed by atoms with Crippen molar-refractivity contribution < 1.29 is 82.6 Å². The maximum absolute atomic E-state index is 11.3. The van der Waals surface area contributed by atoms with Crippen molar-refractivity contribution in [1.29, 1.82) is 0 Å². The number of pyridine rings is 3. The summed E-state index contributed by atoms with van der Waals surface area (Å²) < 4.78 is 0. The van der Waals surface area contributed by atoms with Gasteiger partial charge in [-0.15, -0.1) is 0 Å². The van der Waals surface area contributed by atoms with Crippen LogP contribution in [0.5, 0.6) is 17.2 Å². The van der Waals surface area contributed by atoms with E-state index in [1.807, 2.05) is 190 Å². The number of aromatic nitrogens is 9. The molecule has 0 N–H and O–H groups in total. The molecule has 0 bridgehead atoms. The van der Waals surface area contributed by atoms with Crippen LogP contribution in [0.15, 0.2) is 352 Å². The van der Waals surface area contributed by atoms with E-state index < -0.39 is 0 Å². The van der Waals surface area contributed by atoms with Gasteiger partial charge in [-0.25, -0.2) is 29.9 Å². The summed E-state index contributed by atoms with van der Waals surface area (Å²) in [5.74, 6) is 3.99. The summed E-state index contributed by atoms with van der Waals surface area (Å²) >= 11 is 0. The van der Waals surface area contributed by atoms with E-state index in [1.165, 1.54) is 56.1 Å². The molecule has 0 saturated heterocycles. The molecule has 0 aliphatic heterocycles. The standard InChI is InChI=1S/C42H31N3.C35H35N3.2C10H9NO.C9H7NO.2Li.Na/c1-42(2)37-22-10-9-21-35(37)36-24-23-33(27-38(36)42)31-18-11-17-30(25-31)32-19-12-20-34(26-32)41-44-39(28-13-5-3-6-14-28)43-40(45-41)29-15-7-4-8-16-29;1-34(2,3)29-21-28(22-30(23-29)35(4,5)6)26-18-13-19-27(20-26)33-37-31(24-14-9-7-10-15-24)36-32(38-33)25-16-11-8-12-17-25;2*1-7-5-8-3-2-4-11-10(8)9(12)6-7;11-8-5-1-3-7-4-2-6-10-9(7)8;;;/h3-27H,1-2H3;7-23H,1-6H3;2*2-6,12H,1H3;1-6,11H;;;/q;;;;;3*+1/p-3. The van der Waals surface area contributed by atoms with Gasteiger partial charge in [0.1, 0.15) is 0 Å². The summed E-state index contributed by atoms with van der Waals surface area (Å²) in [4.78, 5) is 41.4. The number of para-hydroxylation sites is 1. The maximum atomic E-state index is 11.3. The number of rotatable bonds is 9. The van der Waals surface area contributed by atoms with E-state index in [9.17, 15) is 15.3 Å². The van der Waals surface area contributed by atoms with E-state index in [-0.39, 0.29) is 101 Å². The molecule has 5 heterocycles. The Hall–Kier alpha value is -12.3. The van der Waals surface area contributed by atoms with Gasteiger partial charge in [0.25, 0.3) is 0 Å². The van der Waals surface area contributed by atoms with E-state index in [0.717, 1.165) is 77.4 Å². The Bertz CT molecular complexity index is 6410. The first kappa shape index (κ1) is 88.0. The Balaban J connectivity index is 0.000000156. The number of fused-ring (bicyclic) bond motifs is 6. The zero-order valence-corrected chi connectivity index (χ0v) is 72.7. The fraction of sp³-hybridized carbons (Fsp3) is 0.123. The van der Waals surface area contributed by atoms with Crippen molar-refractivity contribution >= 4 is 32.7 Å². The predicted molar refractivity (Wildman–Crippen MR) is 477 cm³/mol. The normalized spacial score (nSPS) is 11.5. The molecule has 0 radical (unpaired) electrons. The smallest absolute Gasteiger partial charge is 0.871 e. The van der Waals surface area contributed by atoms with Crippen LogP contribution in [0.3, 0.4) is 0 Å². The minimum Gasteiger partial charge on any atom is -0.871 e. The number of benzene rings is 13. The summed E-state index contributed by atoms with van der Waals surface area (Å²) in [6, 6.07) is 112. The van der Waals surface area contributed by atoms with Crippen molar-refractivity contribution in [2.75, 3.05) is 0 Å². The quantitative estimate of drug-likeness (QED) is 0.125. The Morgan fingerprint density at radius 2 is 0.554 bits per heavy atom. The van der Waals surface area contributed by atoms with Gasteiger partial charge >= 0.3 is 67.3 Å². The number of hydrogen-bond donors (Lipinski definition) is 0. The molecule has 0 amide bonds. The minimum absolute atomic E-state index is 0. The average Bonchev–Trinajstić information content (AvgIpc) is 1.59. The monoisotopic (exact) mass is 1570 g/mol. The molecule has 18 aromatic rings. The molecule has 13 aromatic carbocycles. The number of aryl methyl sites for hydroxylation is 2. The van der Waals surface area contributed by atoms with E-state index in [2.05, 4.69) is 204 Å². The molecule has 578 valence electrons. The maximum Gasteiger partial charge on any atom is 1.00 e. The molecule has 0 fully saturated rings. The second-order valence-electron chi connectivity index (χ2n) is 32.1. The van der Waals surface area contributed by atoms with Gasteiger partial charge < -0.3 is 15.3 Å². The molecule has 1 aliphatic carbocycles. The van der Waals surface area contributed by atoms with Crippen LogP contribution in [0.4, 0.5) is 0 Å². The first-order chi connectivity index (χ1) is 57.0. The molecule has 0 atom stereocenters. The Labute approximate surface area is 754 Å². The second kappa shape index (κ2) is 38.8. The molecule has 0 spiro atoms. The average molecular weight is 1570 g/mol. The van der Waals surface area contributed by atoms with E-state index >= 15 is 0 Å². The van der Waals surface area contributed by atoms with Gasteiger partial charge in [0.15, 0.2) is 34.9 Å². The van der Waals surface area contributed by atoms with Crippen molar-refractivity contribution in [3.05, 3.63) is 386 Å². The molecule has 15 heteroatoms. The van der Waals surface area contributed by atoms with E-state index in [4.69, 9.17) is 29.9 Å². The summed E-state index contributed by atoms with van der Waals surface area (Å²) in [6.45, 7) is 22.1. The third-order valence-electron chi connectivity index (χ3n) is 21.0. The van der Waals surface area contributed by atoms with Gasteiger partial charge in [-0.3, -0.25) is 15.0 Å². The molecule has 5 aromatic heterocycles. The summed E-state index contributed by atoms with van der Waals surface area (Å²) in [6.07, 6.45) is 4.90. The van der Waals surface area contributed by atoms with Crippen molar-refractivity contribution in [2.45, 2.75) is 85.5 Å². The molecule has 0 unspecified atom stereocenters. The molecule has 121 heavy (non-hydrogen) atoms. The SMILES string of the molecule is CC(C)(C)c1cc(-c2cccc(-c3nc(-c4ccccc4)nc(-c4ccccc4)n3)c2)cc(C(C)(C)C)c1.CC1(C)c2ccccc2-c2ccc(-c3cccc(-c4cccc(-c5nc(-c6ccccc6)nc(-c6ccccc6)n5)c4)c3)cc21.Cc1cc([O-])c2ncccc2c1.Cc1cc([O-])c2ncccc2c1.[Li+].[Li+].[Na+].[O-]c1cccc2cccnc12. The Morgan fingerprint density at radius 1 is 0.248 bits per heavy atom. The van der Waals surface area contributed by atoms with Crippen LogP contribution in [-0.2, 0) is 16.2 Å². The van der Waals surface area contributed by atoms with Crippen LogP contribution < -0.4 is 82.6 Å². The van der Waals surface area contributed by atoms with Crippen LogP contribution in [-0.4, -0.2) is 44.9 Å². The first-order valence-electron chi connectivity index (χ1n) is 39.6. The van der Waals surface area contributed by atoms with Gasteiger partial charge in [-0.2, -0.15) is 0 Å². The van der Waals surface area contributed by atoms with Crippen LogP contribution >= 0.6 is 0 Å². The summed E-state index contributed by atoms with van der Waals surface area (Å²) in [5.41, 5.74) is 24.7. The fourth-order valence-electron chi connectivity index (χ4n) is 14.7. The molecule has 12 nitrogen and oxygen atoms in total. The van der Waals surface area contributed by atoms with Gasteiger partial charge in [0.2, 0.25) is 0 Å². The van der Waals surface area contributed by atoms with Gasteiger partial charge in [0.05, 0.1) is 16.6 Å². The number of hydrogen-bond acceptors (Lipinski definition) is 12. The third kappa shape index (κ3) is 20.8. The van der Waals surface area contributed by atoms with Gasteiger partial charge in [-0.05, 0) is 162 Å². The van der Waals surface area contributed by atoms with E-state index in [1.54, 1.807) is 36.8 Å². The van der Waals surface area contributed by atoms with Crippen molar-refractivity contribution in [2.24, 2.45) is 0 Å². The second-order valence-corrected chi connectivity index (χ2v) is 32.1. The Kier molecular flexibility index (Phi) is 28.2. The van der Waals surface area contributed by atoms with Crippen LogP contribution in [0.1, 0.15) is 88.8 Å². The minimum atomic E-state index is -0.0321. The van der Waals surface area contributed by atoms with Crippen LogP contribution in [0.25, 0.3) is 146 Å². The fourth-order valence-corrected chi connectivity index (χ4v) is 14.7. The molecule has 0 saturated carbocycles. The van der Waals surface area contributed by atoms with Gasteiger partial charge in [-0.1, -0.05) is 363 Å². The molecular formula is C106H88Li2N9NaO3. The number of nitrogens with zero attached hydrogens (tertiary/aromatic N) is 9. The molecular weight excluding hydrogens is 1480 g/mol. The van der Waals surface area contributed by atoms with Crippen molar-refractivity contribution in [1.82, 2.24) is 44.9 Å². The van der Waals surface area contributed by atoms with E-state index in [0.29, 0.717) is 51.5 Å². The predicted octanol–water partition coefficient (Wildman–Crippen LogP) is 15.2. The van der Waals surface area contributed by atoms with Crippen molar-refractivity contribution in [3.8, 4) is 130 Å². The largest absolute Gasteiger partial charge is 1.00 e. The molecule has 1 aliphatic rings. The molecule has 19 rings (SSSR count). The Morgan fingerprint density at radius 3 is 0.950 bits per heavy atom. The topological polar surface area (TPSA) is 185 Å². The zero-order valence-electron chi connectivity index (χ0n) is 70.7. The van der Waals surface area contributed by atoms with Gasteiger partial charge in [0, 0.05) is 57.4 Å². The summed E-state index contributed by atoms with van der Waals surface area (Å²) in [7, 11) is 0. The van der Waals surface area contributed by atoms with Crippen LogP contribution in [0, 0.1) is 13.8 Å². The first-order valence-corrected chi connectivity index (χ1v) is 39.6. The summed E-state index contributed by atoms with van der Waals surface area (Å²) in [5, 5.41) is 36.5. The zero-order chi connectivity index (χ0) is 82.1.